The van der Waals surface area contributed by atoms with Gasteiger partial charge in [0.1, 0.15) is 0 Å². The molecule has 0 aromatic heterocycles. The van der Waals surface area contributed by atoms with Crippen LogP contribution in [0.5, 0.6) is 0 Å². The topological polar surface area (TPSA) is 66.6 Å². The van der Waals surface area contributed by atoms with Crippen LogP contribution in [-0.4, -0.2) is 37.0 Å². The Kier molecular flexibility index (Phi) is 5.78. The highest BCUT2D eigenvalue weighted by molar-refractivity contribution is 6.85. The van der Waals surface area contributed by atoms with E-state index in [1.54, 1.807) is 0 Å². The van der Waals surface area contributed by atoms with Crippen LogP contribution >= 0.6 is 0 Å². The lowest BCUT2D eigenvalue weighted by atomic mass is 9.88. The number of rotatable bonds is 4. The number of nitrogens with zero attached hydrogens (tertiary/aromatic N) is 1. The molecule has 4 rings (SSSR count). The summed E-state index contributed by atoms with van der Waals surface area (Å²) >= 11 is 0. The average molecular weight is 419 g/mol. The maximum Gasteiger partial charge on any atom is 0.253 e. The minimum Gasteiger partial charge on any atom is -0.428 e. The van der Waals surface area contributed by atoms with E-state index < -0.39 is 8.32 Å². The molecule has 0 radical (unpaired) electrons. The molecule has 3 aromatic carbocycles. The van der Waals surface area contributed by atoms with Crippen molar-refractivity contribution in [2.45, 2.75) is 38.4 Å². The lowest BCUT2D eigenvalue weighted by Crippen LogP contribution is -2.42. The van der Waals surface area contributed by atoms with Gasteiger partial charge in [-0.25, -0.2) is 0 Å². The summed E-state index contributed by atoms with van der Waals surface area (Å²) in [6.45, 7) is 5.91. The molecule has 30 heavy (non-hydrogen) atoms. The molecule has 0 atom stereocenters. The molecule has 1 aliphatic heterocycles. The second-order valence-electron chi connectivity index (χ2n) is 8.82. The number of fused-ring (bicyclic) bond motifs is 1. The number of hydrogen-bond donors (Lipinski definition) is 2. The maximum absolute atomic E-state index is 13.2. The monoisotopic (exact) mass is 418 g/mol. The lowest BCUT2D eigenvalue weighted by molar-refractivity contribution is 0.0713. The number of carbonyl (C=O) groups excluding carboxylic acids is 1. The molecule has 0 saturated carbocycles. The number of carbonyl (C=O) groups is 1. The van der Waals surface area contributed by atoms with Crippen molar-refractivity contribution >= 4 is 30.2 Å². The highest BCUT2D eigenvalue weighted by Gasteiger charge is 2.26. The lowest BCUT2D eigenvalue weighted by Gasteiger charge is -2.32. The van der Waals surface area contributed by atoms with E-state index in [4.69, 9.17) is 5.73 Å². The molecule has 3 N–H and O–H groups in total. The first-order valence-electron chi connectivity index (χ1n) is 10.7. The highest BCUT2D eigenvalue weighted by atomic mass is 28.4. The molecule has 3 aromatic rings. The van der Waals surface area contributed by atoms with Crippen LogP contribution in [0.25, 0.3) is 10.8 Å². The molecule has 1 amide bonds. The number of piperidine rings is 1. The van der Waals surface area contributed by atoms with E-state index in [1.165, 1.54) is 5.56 Å². The second kappa shape index (κ2) is 8.34. The number of hydrogen-bond acceptors (Lipinski definition) is 3. The van der Waals surface area contributed by atoms with Gasteiger partial charge in [0.2, 0.25) is 8.32 Å². The summed E-state index contributed by atoms with van der Waals surface area (Å²) < 4.78 is 0. The Morgan fingerprint density at radius 1 is 1.07 bits per heavy atom. The third kappa shape index (κ3) is 4.19. The molecule has 0 spiro atoms. The molecule has 1 heterocycles. The van der Waals surface area contributed by atoms with E-state index in [2.05, 4.69) is 24.3 Å². The van der Waals surface area contributed by atoms with Crippen molar-refractivity contribution < 1.29 is 9.59 Å². The summed E-state index contributed by atoms with van der Waals surface area (Å²) in [6.07, 6.45) is 1.93. The van der Waals surface area contributed by atoms with Gasteiger partial charge in [-0.05, 0) is 71.1 Å². The van der Waals surface area contributed by atoms with Gasteiger partial charge in [0, 0.05) is 25.2 Å². The molecule has 0 aliphatic carbocycles. The van der Waals surface area contributed by atoms with E-state index in [1.807, 2.05) is 54.4 Å². The van der Waals surface area contributed by atoms with Crippen molar-refractivity contribution in [2.24, 2.45) is 5.73 Å². The number of benzene rings is 3. The standard InChI is InChI=1S/C25H30N2O2Si/c1-30(2,29)24-8-4-6-20-9-10-22(16-23(20)24)25(28)27-13-11-19(12-14-27)21-7-3-5-18(15-21)17-26/h3-10,15-16,19,29H,11-14,17,26H2,1-2H3. The SMILES string of the molecule is C[Si](C)(O)c1cccc2ccc(C(=O)N3CCC(c4cccc(CN)c4)CC3)cc12. The smallest absolute Gasteiger partial charge is 0.253 e. The molecule has 156 valence electrons. The summed E-state index contributed by atoms with van der Waals surface area (Å²) in [5.74, 6) is 0.559. The Morgan fingerprint density at radius 2 is 1.80 bits per heavy atom. The third-order valence-electron chi connectivity index (χ3n) is 6.23. The summed E-state index contributed by atoms with van der Waals surface area (Å²) in [4.78, 5) is 25.8. The van der Waals surface area contributed by atoms with E-state index in [0.717, 1.165) is 47.5 Å². The zero-order valence-corrected chi connectivity index (χ0v) is 18.8. The van der Waals surface area contributed by atoms with Gasteiger partial charge in [-0.1, -0.05) is 48.5 Å². The Balaban J connectivity index is 1.52. The van der Waals surface area contributed by atoms with Crippen molar-refractivity contribution in [2.75, 3.05) is 13.1 Å². The summed E-state index contributed by atoms with van der Waals surface area (Å²) in [7, 11) is -2.48. The van der Waals surface area contributed by atoms with Crippen molar-refractivity contribution in [1.82, 2.24) is 4.90 Å². The van der Waals surface area contributed by atoms with Crippen molar-refractivity contribution in [1.29, 1.82) is 0 Å². The molecule has 0 unspecified atom stereocenters. The molecular formula is C25H30N2O2Si. The van der Waals surface area contributed by atoms with Gasteiger partial charge >= 0.3 is 0 Å². The summed E-state index contributed by atoms with van der Waals surface area (Å²) in [6, 6.07) is 20.4. The zero-order chi connectivity index (χ0) is 21.3. The first-order valence-corrected chi connectivity index (χ1v) is 13.7. The fourth-order valence-corrected chi connectivity index (χ4v) is 5.89. The van der Waals surface area contributed by atoms with Crippen molar-refractivity contribution in [3.8, 4) is 0 Å². The second-order valence-corrected chi connectivity index (χ2v) is 12.5. The average Bonchev–Trinajstić information content (AvgIpc) is 2.77. The van der Waals surface area contributed by atoms with E-state index in [-0.39, 0.29) is 5.91 Å². The number of amides is 1. The van der Waals surface area contributed by atoms with Gasteiger partial charge in [-0.2, -0.15) is 0 Å². The fourth-order valence-electron chi connectivity index (χ4n) is 4.51. The quantitative estimate of drug-likeness (QED) is 0.635. The zero-order valence-electron chi connectivity index (χ0n) is 17.8. The number of likely N-dealkylation sites (tertiary alicyclic amines) is 1. The minimum atomic E-state index is -2.48. The van der Waals surface area contributed by atoms with Crippen LogP contribution in [0.1, 0.15) is 40.2 Å². The fraction of sp³-hybridized carbons (Fsp3) is 0.320. The number of nitrogens with two attached hydrogens (primary N) is 1. The third-order valence-corrected chi connectivity index (χ3v) is 7.98. The van der Waals surface area contributed by atoms with Crippen LogP contribution in [0, 0.1) is 0 Å². The molecule has 0 bridgehead atoms. The largest absolute Gasteiger partial charge is 0.428 e. The van der Waals surface area contributed by atoms with Crippen molar-refractivity contribution in [3.63, 3.8) is 0 Å². The molecule has 5 heteroatoms. The first kappa shape index (κ1) is 20.8. The van der Waals surface area contributed by atoms with Gasteiger partial charge in [-0.15, -0.1) is 0 Å². The van der Waals surface area contributed by atoms with Crippen LogP contribution in [0.15, 0.2) is 60.7 Å². The van der Waals surface area contributed by atoms with Gasteiger partial charge in [0.15, 0.2) is 0 Å². The van der Waals surface area contributed by atoms with Gasteiger partial charge in [0.05, 0.1) is 0 Å². The van der Waals surface area contributed by atoms with Crippen LogP contribution in [-0.2, 0) is 6.54 Å². The predicted molar refractivity (Wildman–Crippen MR) is 125 cm³/mol. The first-order chi connectivity index (χ1) is 14.4. The van der Waals surface area contributed by atoms with E-state index in [9.17, 15) is 9.59 Å². The van der Waals surface area contributed by atoms with Crippen LogP contribution in [0.4, 0.5) is 0 Å². The molecular weight excluding hydrogens is 388 g/mol. The summed E-state index contributed by atoms with van der Waals surface area (Å²) in [5.41, 5.74) is 8.98. The Labute approximate surface area is 179 Å². The maximum atomic E-state index is 13.2. The Hall–Kier alpha value is -2.47. The predicted octanol–water partition coefficient (Wildman–Crippen LogP) is 3.72. The van der Waals surface area contributed by atoms with Gasteiger partial charge in [-0.3, -0.25) is 4.79 Å². The van der Waals surface area contributed by atoms with Crippen molar-refractivity contribution in [3.05, 3.63) is 77.4 Å². The van der Waals surface area contributed by atoms with Crippen LogP contribution in [0.2, 0.25) is 13.1 Å². The Bertz CT molecular complexity index is 1070. The minimum absolute atomic E-state index is 0.0817. The van der Waals surface area contributed by atoms with Gasteiger partial charge < -0.3 is 15.4 Å². The van der Waals surface area contributed by atoms with Crippen LogP contribution < -0.4 is 10.9 Å². The summed E-state index contributed by atoms with van der Waals surface area (Å²) in [5, 5.41) is 3.04. The van der Waals surface area contributed by atoms with Crippen LogP contribution in [0.3, 0.4) is 0 Å². The molecule has 1 aliphatic rings. The van der Waals surface area contributed by atoms with Gasteiger partial charge in [0.25, 0.3) is 5.91 Å². The highest BCUT2D eigenvalue weighted by Crippen LogP contribution is 2.29. The molecule has 1 fully saturated rings. The Morgan fingerprint density at radius 3 is 2.50 bits per heavy atom. The van der Waals surface area contributed by atoms with E-state index >= 15 is 0 Å². The molecule has 4 nitrogen and oxygen atoms in total. The molecule has 1 saturated heterocycles. The normalized spacial score (nSPS) is 15.5. The van der Waals surface area contributed by atoms with E-state index in [0.29, 0.717) is 18.0 Å².